The lowest BCUT2D eigenvalue weighted by Gasteiger charge is -2.14. The van der Waals surface area contributed by atoms with Crippen LogP contribution in [0.1, 0.15) is 23.6 Å². The molecule has 4 nitrogen and oxygen atoms in total. The molecular weight excluding hydrogens is 297 g/mol. The third-order valence-corrected chi connectivity index (χ3v) is 3.52. The van der Waals surface area contributed by atoms with E-state index in [-0.39, 0.29) is 6.61 Å². The number of carbonyl (C=O) groups is 1. The predicted molar refractivity (Wildman–Crippen MR) is 87.3 cm³/mol. The molecule has 1 N–H and O–H groups in total. The van der Waals surface area contributed by atoms with Gasteiger partial charge >= 0.3 is 6.09 Å². The molecule has 0 saturated heterocycles. The van der Waals surface area contributed by atoms with Gasteiger partial charge in [-0.15, -0.1) is 0 Å². The summed E-state index contributed by atoms with van der Waals surface area (Å²) in [7, 11) is 1.25. The van der Waals surface area contributed by atoms with Crippen molar-refractivity contribution >= 4 is 11.8 Å². The monoisotopic (exact) mass is 317 g/mol. The van der Waals surface area contributed by atoms with E-state index in [9.17, 15) is 9.18 Å². The molecule has 0 radical (unpaired) electrons. The molecule has 1 amide bonds. The maximum atomic E-state index is 13.4. The first-order chi connectivity index (χ1) is 11.0. The molecule has 0 saturated carbocycles. The highest BCUT2D eigenvalue weighted by Gasteiger charge is 2.10. The summed E-state index contributed by atoms with van der Waals surface area (Å²) in [6.45, 7) is 4.29. The van der Waals surface area contributed by atoms with E-state index >= 15 is 0 Å². The summed E-state index contributed by atoms with van der Waals surface area (Å²) in [6, 6.07) is 10.2. The van der Waals surface area contributed by atoms with Gasteiger partial charge in [0.05, 0.1) is 12.8 Å². The van der Waals surface area contributed by atoms with Crippen molar-refractivity contribution in [3.05, 3.63) is 58.9 Å². The number of nitrogens with one attached hydrogen (secondary N) is 1. The molecule has 5 heteroatoms. The summed E-state index contributed by atoms with van der Waals surface area (Å²) in [4.78, 5) is 11.3. The van der Waals surface area contributed by atoms with E-state index in [0.717, 1.165) is 17.7 Å². The summed E-state index contributed by atoms with van der Waals surface area (Å²) < 4.78 is 23.7. The number of halogens is 1. The lowest BCUT2D eigenvalue weighted by molar-refractivity contribution is 0.187. The Bertz CT molecular complexity index is 701. The fraction of sp³-hybridized carbons (Fsp3) is 0.278. The van der Waals surface area contributed by atoms with Gasteiger partial charge in [-0.05, 0) is 42.7 Å². The molecule has 0 bridgehead atoms. The van der Waals surface area contributed by atoms with E-state index in [2.05, 4.69) is 23.0 Å². The Morgan fingerprint density at radius 1 is 1.22 bits per heavy atom. The zero-order valence-corrected chi connectivity index (χ0v) is 13.5. The molecule has 23 heavy (non-hydrogen) atoms. The molecule has 2 aromatic carbocycles. The number of ether oxygens (including phenoxy) is 2. The minimum atomic E-state index is -0.652. The standard InChI is InChI=1S/C18H20FNO3/c1-4-13-5-8-17(12(2)9-13)23-11-14-6-7-15(19)10-16(14)20-18(21)22-3/h5-10H,4,11H2,1-3H3,(H,20,21). The Labute approximate surface area is 135 Å². The van der Waals surface area contributed by atoms with Crippen LogP contribution in [0, 0.1) is 12.7 Å². The number of amides is 1. The van der Waals surface area contributed by atoms with Gasteiger partial charge in [0.1, 0.15) is 18.2 Å². The van der Waals surface area contributed by atoms with Gasteiger partial charge in [-0.1, -0.05) is 25.1 Å². The van der Waals surface area contributed by atoms with Gasteiger partial charge < -0.3 is 9.47 Å². The van der Waals surface area contributed by atoms with Crippen molar-refractivity contribution in [1.82, 2.24) is 0 Å². The number of hydrogen-bond acceptors (Lipinski definition) is 3. The molecule has 0 aliphatic carbocycles. The molecule has 122 valence electrons. The van der Waals surface area contributed by atoms with Crippen LogP contribution >= 0.6 is 0 Å². The topological polar surface area (TPSA) is 47.6 Å². The predicted octanol–water partition coefficient (Wildman–Crippen LogP) is 4.45. The smallest absolute Gasteiger partial charge is 0.411 e. The summed E-state index contributed by atoms with van der Waals surface area (Å²) in [6.07, 6.45) is 0.312. The van der Waals surface area contributed by atoms with E-state index < -0.39 is 11.9 Å². The fourth-order valence-electron chi connectivity index (χ4n) is 2.20. The molecule has 0 fully saturated rings. The van der Waals surface area contributed by atoms with Crippen molar-refractivity contribution in [3.8, 4) is 5.75 Å². The normalized spacial score (nSPS) is 10.3. The van der Waals surface area contributed by atoms with E-state index in [1.54, 1.807) is 6.07 Å². The molecule has 0 unspecified atom stereocenters. The lowest BCUT2D eigenvalue weighted by atomic mass is 10.1. The van der Waals surface area contributed by atoms with Crippen LogP contribution in [0.5, 0.6) is 5.75 Å². The quantitative estimate of drug-likeness (QED) is 0.886. The number of methoxy groups -OCH3 is 1. The van der Waals surface area contributed by atoms with Gasteiger partial charge in [0.2, 0.25) is 0 Å². The second kappa shape index (κ2) is 7.63. The summed E-state index contributed by atoms with van der Waals surface area (Å²) >= 11 is 0. The zero-order valence-electron chi connectivity index (χ0n) is 13.5. The van der Waals surface area contributed by atoms with Crippen molar-refractivity contribution in [1.29, 1.82) is 0 Å². The number of aryl methyl sites for hydroxylation is 2. The summed E-state index contributed by atoms with van der Waals surface area (Å²) in [5.74, 6) is 0.319. The van der Waals surface area contributed by atoms with Gasteiger partial charge in [-0.2, -0.15) is 0 Å². The van der Waals surface area contributed by atoms with Crippen LogP contribution in [0.25, 0.3) is 0 Å². The Morgan fingerprint density at radius 3 is 2.65 bits per heavy atom. The van der Waals surface area contributed by atoms with Crippen LogP contribution in [0.2, 0.25) is 0 Å². The first-order valence-corrected chi connectivity index (χ1v) is 7.39. The van der Waals surface area contributed by atoms with Gasteiger partial charge in [0.15, 0.2) is 0 Å². The van der Waals surface area contributed by atoms with Gasteiger partial charge in [0.25, 0.3) is 0 Å². The molecule has 0 atom stereocenters. The summed E-state index contributed by atoms with van der Waals surface area (Å²) in [5.41, 5.74) is 3.27. The van der Waals surface area contributed by atoms with E-state index in [1.165, 1.54) is 24.8 Å². The second-order valence-electron chi connectivity index (χ2n) is 5.16. The van der Waals surface area contributed by atoms with Gasteiger partial charge in [-0.3, -0.25) is 5.32 Å². The highest BCUT2D eigenvalue weighted by atomic mass is 19.1. The van der Waals surface area contributed by atoms with Gasteiger partial charge in [0, 0.05) is 5.56 Å². The Balaban J connectivity index is 2.15. The number of benzene rings is 2. The number of hydrogen-bond donors (Lipinski definition) is 1. The largest absolute Gasteiger partial charge is 0.489 e. The number of rotatable bonds is 5. The maximum absolute atomic E-state index is 13.4. The Morgan fingerprint density at radius 2 is 2.00 bits per heavy atom. The Kier molecular flexibility index (Phi) is 5.57. The third kappa shape index (κ3) is 4.45. The first-order valence-electron chi connectivity index (χ1n) is 7.39. The fourth-order valence-corrected chi connectivity index (χ4v) is 2.20. The van der Waals surface area contributed by atoms with Crippen LogP contribution < -0.4 is 10.1 Å². The second-order valence-corrected chi connectivity index (χ2v) is 5.16. The van der Waals surface area contributed by atoms with Crippen molar-refractivity contribution < 1.29 is 18.7 Å². The van der Waals surface area contributed by atoms with Crippen molar-refractivity contribution in [2.24, 2.45) is 0 Å². The van der Waals surface area contributed by atoms with E-state index in [4.69, 9.17) is 4.74 Å². The number of carbonyl (C=O) groups excluding carboxylic acids is 1. The van der Waals surface area contributed by atoms with Crippen LogP contribution in [0.15, 0.2) is 36.4 Å². The van der Waals surface area contributed by atoms with Crippen LogP contribution in [-0.4, -0.2) is 13.2 Å². The molecule has 0 heterocycles. The van der Waals surface area contributed by atoms with Crippen LogP contribution in [-0.2, 0) is 17.8 Å². The van der Waals surface area contributed by atoms with Crippen LogP contribution in [0.3, 0.4) is 0 Å². The SMILES string of the molecule is CCc1ccc(OCc2ccc(F)cc2NC(=O)OC)c(C)c1. The molecule has 2 rings (SSSR count). The minimum Gasteiger partial charge on any atom is -0.489 e. The molecule has 2 aromatic rings. The maximum Gasteiger partial charge on any atom is 0.411 e. The van der Waals surface area contributed by atoms with E-state index in [1.807, 2.05) is 19.1 Å². The van der Waals surface area contributed by atoms with Crippen molar-refractivity contribution in [3.63, 3.8) is 0 Å². The third-order valence-electron chi connectivity index (χ3n) is 3.52. The molecule has 0 aliphatic heterocycles. The van der Waals surface area contributed by atoms with E-state index in [0.29, 0.717) is 11.3 Å². The minimum absolute atomic E-state index is 0.214. The average molecular weight is 317 g/mol. The van der Waals surface area contributed by atoms with Crippen LogP contribution in [0.4, 0.5) is 14.9 Å². The summed E-state index contributed by atoms with van der Waals surface area (Å²) in [5, 5.41) is 2.49. The molecular formula is C18H20FNO3. The van der Waals surface area contributed by atoms with Crippen molar-refractivity contribution in [2.45, 2.75) is 26.9 Å². The highest BCUT2D eigenvalue weighted by Crippen LogP contribution is 2.23. The lowest BCUT2D eigenvalue weighted by Crippen LogP contribution is -2.13. The zero-order chi connectivity index (χ0) is 16.8. The first kappa shape index (κ1) is 16.8. The average Bonchev–Trinajstić information content (AvgIpc) is 2.54. The molecule has 0 spiro atoms. The number of anilines is 1. The van der Waals surface area contributed by atoms with Gasteiger partial charge in [-0.25, -0.2) is 9.18 Å². The molecule has 0 aliphatic rings. The Hall–Kier alpha value is -2.56. The molecule has 0 aromatic heterocycles. The highest BCUT2D eigenvalue weighted by molar-refractivity contribution is 5.85. The van der Waals surface area contributed by atoms with Crippen molar-refractivity contribution in [2.75, 3.05) is 12.4 Å².